The van der Waals surface area contributed by atoms with Crippen molar-refractivity contribution in [2.75, 3.05) is 24.6 Å². The van der Waals surface area contributed by atoms with Crippen LogP contribution in [0.15, 0.2) is 24.3 Å². The average Bonchev–Trinajstić information content (AvgIpc) is 2.44. The first kappa shape index (κ1) is 17.8. The minimum absolute atomic E-state index is 0.0479. The lowest BCUT2D eigenvalue weighted by atomic mass is 10.2. The molecule has 1 aromatic rings. The second-order valence-electron chi connectivity index (χ2n) is 4.71. The second kappa shape index (κ2) is 8.87. The molecule has 0 N–H and O–H groups in total. The van der Waals surface area contributed by atoms with Crippen LogP contribution >= 0.6 is 11.6 Å². The van der Waals surface area contributed by atoms with Gasteiger partial charge < -0.3 is 14.2 Å². The first-order chi connectivity index (χ1) is 9.99. The van der Waals surface area contributed by atoms with Gasteiger partial charge in [-0.05, 0) is 32.9 Å². The Morgan fingerprint density at radius 3 is 2.52 bits per heavy atom. The lowest BCUT2D eigenvalue weighted by Crippen LogP contribution is -2.34. The fourth-order valence-corrected chi connectivity index (χ4v) is 1.99. The maximum atomic E-state index is 11.9. The van der Waals surface area contributed by atoms with E-state index < -0.39 is 6.29 Å². The standard InChI is InChI=1S/C15H22ClNO4/c1-11(2)20-12(3)21-14-8-6-5-7-13(14)17(10-19-4)15(18)9-16/h5-8,11-12H,9-10H2,1-4H3. The Bertz CT molecular complexity index is 453. The molecule has 1 unspecified atom stereocenters. The number of methoxy groups -OCH3 is 1. The highest BCUT2D eigenvalue weighted by Crippen LogP contribution is 2.29. The molecule has 0 aliphatic heterocycles. The third-order valence-electron chi connectivity index (χ3n) is 2.59. The molecule has 0 fully saturated rings. The molecule has 0 radical (unpaired) electrons. The zero-order valence-corrected chi connectivity index (χ0v) is 13.6. The molecule has 0 spiro atoms. The summed E-state index contributed by atoms with van der Waals surface area (Å²) in [7, 11) is 1.52. The second-order valence-corrected chi connectivity index (χ2v) is 4.98. The smallest absolute Gasteiger partial charge is 0.243 e. The van der Waals surface area contributed by atoms with Gasteiger partial charge in [0.2, 0.25) is 5.91 Å². The third-order valence-corrected chi connectivity index (χ3v) is 2.81. The van der Waals surface area contributed by atoms with Crippen molar-refractivity contribution in [3.63, 3.8) is 0 Å². The molecular formula is C15H22ClNO4. The van der Waals surface area contributed by atoms with Gasteiger partial charge >= 0.3 is 0 Å². The van der Waals surface area contributed by atoms with E-state index in [-0.39, 0.29) is 24.6 Å². The van der Waals surface area contributed by atoms with E-state index in [1.807, 2.05) is 26.0 Å². The lowest BCUT2D eigenvalue weighted by Gasteiger charge is -2.25. The number of anilines is 1. The van der Waals surface area contributed by atoms with E-state index in [1.54, 1.807) is 19.1 Å². The molecule has 5 nitrogen and oxygen atoms in total. The molecule has 1 rings (SSSR count). The summed E-state index contributed by atoms with van der Waals surface area (Å²) in [5.74, 6) is 0.156. The van der Waals surface area contributed by atoms with Crippen molar-refractivity contribution < 1.29 is 19.0 Å². The molecule has 21 heavy (non-hydrogen) atoms. The number of hydrogen-bond donors (Lipinski definition) is 0. The number of hydrogen-bond acceptors (Lipinski definition) is 4. The van der Waals surface area contributed by atoms with Crippen molar-refractivity contribution in [1.82, 2.24) is 0 Å². The summed E-state index contributed by atoms with van der Waals surface area (Å²) in [6.45, 7) is 5.77. The van der Waals surface area contributed by atoms with Crippen LogP contribution in [0.25, 0.3) is 0 Å². The zero-order valence-electron chi connectivity index (χ0n) is 12.8. The van der Waals surface area contributed by atoms with Gasteiger partial charge in [-0.2, -0.15) is 0 Å². The van der Waals surface area contributed by atoms with Crippen LogP contribution in [-0.2, 0) is 14.3 Å². The SMILES string of the molecule is COCN(C(=O)CCl)c1ccccc1OC(C)OC(C)C. The summed E-state index contributed by atoms with van der Waals surface area (Å²) < 4.78 is 16.4. The Morgan fingerprint density at radius 2 is 1.95 bits per heavy atom. The van der Waals surface area contributed by atoms with Crippen LogP contribution in [0.3, 0.4) is 0 Å². The maximum absolute atomic E-state index is 11.9. The largest absolute Gasteiger partial charge is 0.463 e. The summed E-state index contributed by atoms with van der Waals surface area (Å²) in [5.41, 5.74) is 0.601. The van der Waals surface area contributed by atoms with Crippen molar-refractivity contribution >= 4 is 23.2 Å². The summed E-state index contributed by atoms with van der Waals surface area (Å²) >= 11 is 5.65. The van der Waals surface area contributed by atoms with Gasteiger partial charge in [0.25, 0.3) is 0 Å². The molecule has 0 saturated heterocycles. The van der Waals surface area contributed by atoms with Gasteiger partial charge in [0, 0.05) is 7.11 Å². The number of ether oxygens (including phenoxy) is 3. The van der Waals surface area contributed by atoms with Crippen molar-refractivity contribution in [1.29, 1.82) is 0 Å². The number of benzene rings is 1. The van der Waals surface area contributed by atoms with Crippen LogP contribution in [0.1, 0.15) is 20.8 Å². The Labute approximate surface area is 130 Å². The van der Waals surface area contributed by atoms with Gasteiger partial charge in [-0.25, -0.2) is 0 Å². The van der Waals surface area contributed by atoms with Crippen molar-refractivity contribution in [3.8, 4) is 5.75 Å². The van der Waals surface area contributed by atoms with Crippen molar-refractivity contribution in [2.24, 2.45) is 0 Å². The molecule has 0 aromatic heterocycles. The minimum atomic E-state index is -0.429. The Hall–Kier alpha value is -1.30. The van der Waals surface area contributed by atoms with Crippen LogP contribution < -0.4 is 9.64 Å². The lowest BCUT2D eigenvalue weighted by molar-refractivity contribution is -0.117. The van der Waals surface area contributed by atoms with Crippen LogP contribution in [0.5, 0.6) is 5.75 Å². The fourth-order valence-electron chi connectivity index (χ4n) is 1.85. The normalized spacial score (nSPS) is 12.3. The van der Waals surface area contributed by atoms with E-state index in [0.29, 0.717) is 11.4 Å². The van der Waals surface area contributed by atoms with Crippen molar-refractivity contribution in [2.45, 2.75) is 33.2 Å². The van der Waals surface area contributed by atoms with E-state index in [0.717, 1.165) is 0 Å². The number of alkyl halides is 1. The van der Waals surface area contributed by atoms with Crippen LogP contribution in [0.4, 0.5) is 5.69 Å². The molecule has 1 atom stereocenters. The number of nitrogens with zero attached hydrogens (tertiary/aromatic N) is 1. The number of halogens is 1. The Balaban J connectivity index is 2.98. The Kier molecular flexibility index (Phi) is 7.50. The Morgan fingerprint density at radius 1 is 1.29 bits per heavy atom. The van der Waals surface area contributed by atoms with Gasteiger partial charge in [-0.3, -0.25) is 9.69 Å². The predicted octanol–water partition coefficient (Wildman–Crippen LogP) is 3.01. The maximum Gasteiger partial charge on any atom is 0.243 e. The number of carbonyl (C=O) groups is 1. The van der Waals surface area contributed by atoms with Crippen LogP contribution in [0.2, 0.25) is 0 Å². The fraction of sp³-hybridized carbons (Fsp3) is 0.533. The van der Waals surface area contributed by atoms with E-state index in [1.165, 1.54) is 12.0 Å². The molecule has 1 aromatic carbocycles. The molecule has 118 valence electrons. The quantitative estimate of drug-likeness (QED) is 0.546. The minimum Gasteiger partial charge on any atom is -0.463 e. The summed E-state index contributed by atoms with van der Waals surface area (Å²) in [6.07, 6.45) is -0.381. The third kappa shape index (κ3) is 5.53. The summed E-state index contributed by atoms with van der Waals surface area (Å²) in [5, 5.41) is 0. The highest BCUT2D eigenvalue weighted by atomic mass is 35.5. The van der Waals surface area contributed by atoms with E-state index in [4.69, 9.17) is 25.8 Å². The first-order valence-electron chi connectivity index (χ1n) is 6.76. The average molecular weight is 316 g/mol. The number of para-hydroxylation sites is 2. The summed E-state index contributed by atoms with van der Waals surface area (Å²) in [4.78, 5) is 13.4. The highest BCUT2D eigenvalue weighted by Gasteiger charge is 2.19. The molecular weight excluding hydrogens is 294 g/mol. The zero-order chi connectivity index (χ0) is 15.8. The number of carbonyl (C=O) groups excluding carboxylic acids is 1. The van der Waals surface area contributed by atoms with E-state index >= 15 is 0 Å². The van der Waals surface area contributed by atoms with Gasteiger partial charge in [0.1, 0.15) is 18.4 Å². The molecule has 1 amide bonds. The summed E-state index contributed by atoms with van der Waals surface area (Å²) in [6, 6.07) is 7.21. The molecule has 6 heteroatoms. The van der Waals surface area contributed by atoms with Crippen LogP contribution in [0, 0.1) is 0 Å². The molecule has 0 bridgehead atoms. The molecule has 0 aliphatic carbocycles. The van der Waals surface area contributed by atoms with E-state index in [2.05, 4.69) is 0 Å². The van der Waals surface area contributed by atoms with Crippen LogP contribution in [-0.4, -0.2) is 38.0 Å². The molecule has 0 aliphatic rings. The van der Waals surface area contributed by atoms with Crippen molar-refractivity contribution in [3.05, 3.63) is 24.3 Å². The topological polar surface area (TPSA) is 48.0 Å². The van der Waals surface area contributed by atoms with Gasteiger partial charge in [0.15, 0.2) is 6.29 Å². The van der Waals surface area contributed by atoms with Gasteiger partial charge in [-0.1, -0.05) is 12.1 Å². The number of amides is 1. The first-order valence-corrected chi connectivity index (χ1v) is 7.29. The monoisotopic (exact) mass is 315 g/mol. The predicted molar refractivity (Wildman–Crippen MR) is 82.8 cm³/mol. The highest BCUT2D eigenvalue weighted by molar-refractivity contribution is 6.29. The van der Waals surface area contributed by atoms with Gasteiger partial charge in [0.05, 0.1) is 11.8 Å². The number of rotatable bonds is 8. The van der Waals surface area contributed by atoms with Gasteiger partial charge in [-0.15, -0.1) is 11.6 Å². The molecule has 0 heterocycles. The van der Waals surface area contributed by atoms with E-state index in [9.17, 15) is 4.79 Å². The molecule has 0 saturated carbocycles.